The Hall–Kier alpha value is -3.69. The number of hydrogen-bond donors (Lipinski definition) is 3. The van der Waals surface area contributed by atoms with E-state index in [2.05, 4.69) is 28.1 Å². The molecule has 0 aliphatic carbocycles. The van der Waals surface area contributed by atoms with E-state index in [1.165, 1.54) is 0 Å². The van der Waals surface area contributed by atoms with Crippen LogP contribution in [0.3, 0.4) is 0 Å². The molecule has 1 saturated heterocycles. The lowest BCUT2D eigenvalue weighted by Crippen LogP contribution is -2.26. The maximum atomic E-state index is 12.7. The van der Waals surface area contributed by atoms with Crippen LogP contribution in [-0.4, -0.2) is 30.9 Å². The number of ether oxygens (including phenoxy) is 1. The first kappa shape index (κ1) is 39.3. The number of carbonyl (C=O) groups is 2. The third-order valence-electron chi connectivity index (χ3n) is 5.59. The molecule has 3 aromatic rings. The first-order valence-electron chi connectivity index (χ1n) is 14.5. The van der Waals surface area contributed by atoms with Gasteiger partial charge in [-0.15, -0.1) is 6.58 Å². The van der Waals surface area contributed by atoms with Gasteiger partial charge in [0.15, 0.2) is 0 Å². The number of halogens is 2. The molecule has 0 saturated carbocycles. The van der Waals surface area contributed by atoms with Crippen LogP contribution in [0.15, 0.2) is 103 Å². The van der Waals surface area contributed by atoms with Crippen LogP contribution in [0.5, 0.6) is 0 Å². The summed E-state index contributed by atoms with van der Waals surface area (Å²) in [4.78, 5) is 25.3. The summed E-state index contributed by atoms with van der Waals surface area (Å²) in [5.74, 6) is 0.113. The van der Waals surface area contributed by atoms with Crippen LogP contribution in [0.2, 0.25) is 5.02 Å². The number of hydrogen-bond acceptors (Lipinski definition) is 6. The molecule has 1 aliphatic heterocycles. The molecule has 4 N–H and O–H groups in total. The highest BCUT2D eigenvalue weighted by Crippen LogP contribution is 2.28. The SMILES string of the molecule is C=C(N)/C(Cl)=C\CC.C=CC.CC.Cc1cccc(C(=O)Nc2cc(NC(=O)c3ccc(N4CCOCS4)cc3)ccc2Cl)c1. The van der Waals surface area contributed by atoms with Crippen molar-refractivity contribution >= 4 is 64.0 Å². The molecule has 242 valence electrons. The summed E-state index contributed by atoms with van der Waals surface area (Å²) in [6.07, 6.45) is 4.47. The minimum absolute atomic E-state index is 0.246. The van der Waals surface area contributed by atoms with Crippen molar-refractivity contribution in [1.82, 2.24) is 0 Å². The number of nitrogens with two attached hydrogens (primary N) is 1. The zero-order chi connectivity index (χ0) is 33.8. The van der Waals surface area contributed by atoms with Crippen molar-refractivity contribution in [3.8, 4) is 0 Å². The van der Waals surface area contributed by atoms with Gasteiger partial charge < -0.3 is 25.4 Å². The summed E-state index contributed by atoms with van der Waals surface area (Å²) in [5.41, 5.74) is 9.72. The van der Waals surface area contributed by atoms with E-state index < -0.39 is 0 Å². The van der Waals surface area contributed by atoms with Gasteiger partial charge in [0.05, 0.1) is 28.9 Å². The second-order valence-electron chi connectivity index (χ2n) is 9.17. The lowest BCUT2D eigenvalue weighted by Gasteiger charge is -2.27. The van der Waals surface area contributed by atoms with E-state index in [-0.39, 0.29) is 11.8 Å². The number of carbonyl (C=O) groups excluding carboxylic acids is 2. The highest BCUT2D eigenvalue weighted by molar-refractivity contribution is 8.00. The molecular weight excluding hydrogens is 627 g/mol. The summed E-state index contributed by atoms with van der Waals surface area (Å²) in [6.45, 7) is 18.1. The Morgan fingerprint density at radius 3 is 2.22 bits per heavy atom. The van der Waals surface area contributed by atoms with Gasteiger partial charge in [-0.1, -0.05) is 80.4 Å². The predicted molar refractivity (Wildman–Crippen MR) is 196 cm³/mol. The average molecular weight is 672 g/mol. The highest BCUT2D eigenvalue weighted by Gasteiger charge is 2.14. The van der Waals surface area contributed by atoms with Crippen molar-refractivity contribution in [1.29, 1.82) is 0 Å². The third-order valence-corrected chi connectivity index (χ3v) is 7.29. The highest BCUT2D eigenvalue weighted by atomic mass is 35.5. The summed E-state index contributed by atoms with van der Waals surface area (Å²) < 4.78 is 7.49. The second-order valence-corrected chi connectivity index (χ2v) is 10.9. The van der Waals surface area contributed by atoms with Gasteiger partial charge in [-0.05, 0) is 86.8 Å². The van der Waals surface area contributed by atoms with E-state index in [0.29, 0.717) is 50.8 Å². The van der Waals surface area contributed by atoms with Gasteiger partial charge in [-0.3, -0.25) is 9.59 Å². The van der Waals surface area contributed by atoms with Gasteiger partial charge in [0.1, 0.15) is 5.94 Å². The van der Waals surface area contributed by atoms with E-state index in [1.54, 1.807) is 60.5 Å². The van der Waals surface area contributed by atoms with Gasteiger partial charge >= 0.3 is 0 Å². The third kappa shape index (κ3) is 14.3. The van der Waals surface area contributed by atoms with Crippen LogP contribution in [0, 0.1) is 6.92 Å². The van der Waals surface area contributed by atoms with E-state index >= 15 is 0 Å². The molecule has 0 unspecified atom stereocenters. The van der Waals surface area contributed by atoms with Crippen molar-refractivity contribution in [2.24, 2.45) is 5.73 Å². The maximum Gasteiger partial charge on any atom is 0.255 e. The van der Waals surface area contributed by atoms with Gasteiger partial charge in [-0.25, -0.2) is 0 Å². The number of anilines is 3. The van der Waals surface area contributed by atoms with E-state index in [4.69, 9.17) is 33.7 Å². The van der Waals surface area contributed by atoms with Crippen LogP contribution in [0.4, 0.5) is 17.1 Å². The van der Waals surface area contributed by atoms with Crippen LogP contribution in [0.25, 0.3) is 0 Å². The summed E-state index contributed by atoms with van der Waals surface area (Å²) in [5, 5.41) is 6.62. The Morgan fingerprint density at radius 1 is 1.04 bits per heavy atom. The van der Waals surface area contributed by atoms with E-state index in [1.807, 2.05) is 65.0 Å². The Kier molecular flexibility index (Phi) is 19.2. The van der Waals surface area contributed by atoms with Crippen molar-refractivity contribution in [2.45, 2.75) is 41.0 Å². The number of nitrogens with one attached hydrogen (secondary N) is 2. The number of amides is 2. The molecule has 0 spiro atoms. The molecular formula is C35H44Cl2N4O3S. The normalized spacial score (nSPS) is 12.1. The molecule has 45 heavy (non-hydrogen) atoms. The smallest absolute Gasteiger partial charge is 0.255 e. The molecule has 0 bridgehead atoms. The topological polar surface area (TPSA) is 96.7 Å². The molecule has 0 aromatic heterocycles. The molecule has 1 fully saturated rings. The standard InChI is InChI=1S/C24H22ClN3O3S.C6H10ClN.C3H6.C2H6/c1-16-3-2-4-18(13-16)24(30)27-22-14-19(7-10-21(22)25)26-23(29)17-5-8-20(9-6-17)28-11-12-31-15-32-28;1-3-4-6(7)5(2)8;1-3-2;1-2/h2-10,13-14H,11-12,15H2,1H3,(H,26,29)(H,27,30);4H,2-3,8H2,1H3;3H,1H2,2H3;1-2H3/b;6-4+;;. The van der Waals surface area contributed by atoms with Crippen LogP contribution < -0.4 is 20.7 Å². The molecule has 0 atom stereocenters. The first-order chi connectivity index (χ1) is 21.6. The van der Waals surface area contributed by atoms with Crippen molar-refractivity contribution < 1.29 is 14.3 Å². The van der Waals surface area contributed by atoms with Crippen LogP contribution >= 0.6 is 35.1 Å². The Bertz CT molecular complexity index is 1420. The lowest BCUT2D eigenvalue weighted by atomic mass is 10.1. The fraction of sp³-hybridized carbons (Fsp3) is 0.257. The molecule has 4 rings (SSSR count). The number of aryl methyl sites for hydroxylation is 1. The zero-order valence-corrected chi connectivity index (χ0v) is 29.0. The molecule has 3 aromatic carbocycles. The van der Waals surface area contributed by atoms with Crippen molar-refractivity contribution in [3.63, 3.8) is 0 Å². The quantitative estimate of drug-likeness (QED) is 0.132. The fourth-order valence-electron chi connectivity index (χ4n) is 3.55. The van der Waals surface area contributed by atoms with E-state index in [0.717, 1.165) is 24.2 Å². The first-order valence-corrected chi connectivity index (χ1v) is 16.2. The van der Waals surface area contributed by atoms with Gasteiger partial charge in [0.25, 0.3) is 11.8 Å². The minimum atomic E-state index is -0.268. The monoisotopic (exact) mass is 670 g/mol. The molecule has 1 aliphatic rings. The van der Waals surface area contributed by atoms with Crippen LogP contribution in [0.1, 0.15) is 60.4 Å². The summed E-state index contributed by atoms with van der Waals surface area (Å²) in [6, 6.07) is 19.7. The Labute approximate surface area is 282 Å². The second kappa shape index (κ2) is 21.9. The van der Waals surface area contributed by atoms with Crippen LogP contribution in [-0.2, 0) is 4.74 Å². The van der Waals surface area contributed by atoms with Gasteiger partial charge in [0.2, 0.25) is 0 Å². The molecule has 2 amide bonds. The van der Waals surface area contributed by atoms with Crippen molar-refractivity contribution in [2.75, 3.05) is 34.0 Å². The van der Waals surface area contributed by atoms with E-state index in [9.17, 15) is 9.59 Å². The number of nitrogens with zero attached hydrogens (tertiary/aromatic N) is 1. The average Bonchev–Trinajstić information content (AvgIpc) is 3.05. The molecule has 0 radical (unpaired) electrons. The minimum Gasteiger partial charge on any atom is -0.398 e. The largest absolute Gasteiger partial charge is 0.398 e. The van der Waals surface area contributed by atoms with Crippen molar-refractivity contribution in [3.05, 3.63) is 124 Å². The predicted octanol–water partition coefficient (Wildman–Crippen LogP) is 9.81. The summed E-state index contributed by atoms with van der Waals surface area (Å²) >= 11 is 13.4. The fourth-order valence-corrected chi connectivity index (χ4v) is 4.66. The zero-order valence-electron chi connectivity index (χ0n) is 26.7. The summed E-state index contributed by atoms with van der Waals surface area (Å²) in [7, 11) is 0. The Morgan fingerprint density at radius 2 is 1.69 bits per heavy atom. The van der Waals surface area contributed by atoms with Gasteiger partial charge in [-0.2, -0.15) is 0 Å². The number of rotatable bonds is 7. The molecule has 10 heteroatoms. The lowest BCUT2D eigenvalue weighted by molar-refractivity contribution is 0.101. The Balaban J connectivity index is 0.000000664. The number of allylic oxidation sites excluding steroid dienone is 3. The molecule has 1 heterocycles. The van der Waals surface area contributed by atoms with Gasteiger partial charge in [0, 0.05) is 28.2 Å². The number of benzene rings is 3. The molecule has 7 nitrogen and oxygen atoms in total. The maximum absolute atomic E-state index is 12.7.